The molecule has 0 saturated heterocycles. The molecular formula is C22H21ClN2O4S. The molecule has 0 spiro atoms. The summed E-state index contributed by atoms with van der Waals surface area (Å²) in [6.45, 7) is 3.52. The van der Waals surface area contributed by atoms with Crippen molar-refractivity contribution in [2.24, 2.45) is 0 Å². The molecule has 1 amide bonds. The van der Waals surface area contributed by atoms with Crippen LogP contribution >= 0.6 is 11.6 Å². The molecule has 3 aromatic carbocycles. The molecule has 30 heavy (non-hydrogen) atoms. The summed E-state index contributed by atoms with van der Waals surface area (Å²) in [5.74, 6) is 0.0220. The number of benzene rings is 3. The molecule has 0 fully saturated rings. The van der Waals surface area contributed by atoms with Crippen molar-refractivity contribution in [3.63, 3.8) is 0 Å². The van der Waals surface area contributed by atoms with E-state index < -0.39 is 16.1 Å². The van der Waals surface area contributed by atoms with E-state index in [0.29, 0.717) is 22.1 Å². The molecule has 1 unspecified atom stereocenters. The van der Waals surface area contributed by atoms with Gasteiger partial charge in [0, 0.05) is 11.4 Å². The lowest BCUT2D eigenvalue weighted by molar-refractivity contribution is -0.122. The Kier molecular flexibility index (Phi) is 6.64. The zero-order chi connectivity index (χ0) is 21.7. The van der Waals surface area contributed by atoms with Gasteiger partial charge in [-0.2, -0.15) is 0 Å². The molecule has 0 aromatic heterocycles. The van der Waals surface area contributed by atoms with Gasteiger partial charge in [0.05, 0.1) is 9.92 Å². The summed E-state index contributed by atoms with van der Waals surface area (Å²) in [5.41, 5.74) is 1.96. The topological polar surface area (TPSA) is 84.5 Å². The maximum Gasteiger partial charge on any atom is 0.265 e. The lowest BCUT2D eigenvalue weighted by Gasteiger charge is -2.16. The third-order valence-electron chi connectivity index (χ3n) is 4.25. The largest absolute Gasteiger partial charge is 0.479 e. The third-order valence-corrected chi connectivity index (χ3v) is 5.96. The maximum absolute atomic E-state index is 12.5. The average Bonchev–Trinajstić information content (AvgIpc) is 2.71. The van der Waals surface area contributed by atoms with Crippen molar-refractivity contribution in [1.29, 1.82) is 0 Å². The van der Waals surface area contributed by atoms with Gasteiger partial charge in [-0.1, -0.05) is 41.4 Å². The van der Waals surface area contributed by atoms with Gasteiger partial charge >= 0.3 is 0 Å². The quantitative estimate of drug-likeness (QED) is 0.545. The average molecular weight is 445 g/mol. The van der Waals surface area contributed by atoms with Crippen molar-refractivity contribution >= 4 is 38.9 Å². The van der Waals surface area contributed by atoms with E-state index >= 15 is 0 Å². The van der Waals surface area contributed by atoms with Gasteiger partial charge in [0.1, 0.15) is 5.75 Å². The van der Waals surface area contributed by atoms with Crippen LogP contribution in [0.3, 0.4) is 0 Å². The summed E-state index contributed by atoms with van der Waals surface area (Å²) in [5, 5.41) is 3.10. The fourth-order valence-corrected chi connectivity index (χ4v) is 3.82. The van der Waals surface area contributed by atoms with Crippen LogP contribution in [0.25, 0.3) is 0 Å². The molecule has 0 aliphatic heterocycles. The number of sulfonamides is 1. The van der Waals surface area contributed by atoms with Crippen LogP contribution in [0.4, 0.5) is 11.4 Å². The second-order valence-corrected chi connectivity index (χ2v) is 8.77. The fourth-order valence-electron chi connectivity index (χ4n) is 2.58. The molecule has 0 bridgehead atoms. The molecule has 8 heteroatoms. The van der Waals surface area contributed by atoms with Gasteiger partial charge in [0.2, 0.25) is 0 Å². The highest BCUT2D eigenvalue weighted by Gasteiger charge is 2.18. The van der Waals surface area contributed by atoms with Crippen molar-refractivity contribution in [3.05, 3.63) is 83.4 Å². The summed E-state index contributed by atoms with van der Waals surface area (Å²) >= 11 is 6.04. The summed E-state index contributed by atoms with van der Waals surface area (Å²) in [4.78, 5) is 12.5. The second-order valence-electron chi connectivity index (χ2n) is 6.68. The molecule has 0 saturated carbocycles. The SMILES string of the molecule is Cc1ccc(NS(=O)(=O)c2ccc(NC(=O)C(C)Oc3ccccc3Cl)cc2)cc1. The van der Waals surface area contributed by atoms with Crippen LogP contribution < -0.4 is 14.8 Å². The number of hydrogen-bond acceptors (Lipinski definition) is 4. The minimum absolute atomic E-state index is 0.0847. The Hall–Kier alpha value is -3.03. The Bertz CT molecular complexity index is 1130. The van der Waals surface area contributed by atoms with Crippen LogP contribution in [0.1, 0.15) is 12.5 Å². The molecule has 2 N–H and O–H groups in total. The van der Waals surface area contributed by atoms with Crippen LogP contribution in [-0.2, 0) is 14.8 Å². The van der Waals surface area contributed by atoms with Gasteiger partial charge in [-0.05, 0) is 62.4 Å². The standard InChI is InChI=1S/C22H21ClN2O4S/c1-15-7-9-18(10-8-15)25-30(27,28)19-13-11-17(12-14-19)24-22(26)16(2)29-21-6-4-3-5-20(21)23/h3-14,16,25H,1-2H3,(H,24,26). The third kappa shape index (κ3) is 5.52. The number of halogens is 1. The van der Waals surface area contributed by atoms with Crippen LogP contribution in [0.15, 0.2) is 77.7 Å². The molecule has 0 radical (unpaired) electrons. The lowest BCUT2D eigenvalue weighted by atomic mass is 10.2. The van der Waals surface area contributed by atoms with Crippen molar-refractivity contribution in [2.45, 2.75) is 24.8 Å². The number of aryl methyl sites for hydroxylation is 1. The maximum atomic E-state index is 12.5. The Morgan fingerprint density at radius 2 is 1.53 bits per heavy atom. The predicted octanol–water partition coefficient (Wildman–Crippen LogP) is 4.86. The van der Waals surface area contributed by atoms with Gasteiger partial charge in [0.15, 0.2) is 6.10 Å². The number of rotatable bonds is 7. The number of hydrogen-bond donors (Lipinski definition) is 2. The molecule has 156 valence electrons. The zero-order valence-electron chi connectivity index (χ0n) is 16.4. The first kappa shape index (κ1) is 21.7. The van der Waals surface area contributed by atoms with Crippen molar-refractivity contribution in [2.75, 3.05) is 10.0 Å². The van der Waals surface area contributed by atoms with Gasteiger partial charge in [-0.25, -0.2) is 8.42 Å². The number of nitrogens with one attached hydrogen (secondary N) is 2. The summed E-state index contributed by atoms with van der Waals surface area (Å²) in [7, 11) is -3.74. The van der Waals surface area contributed by atoms with E-state index in [0.717, 1.165) is 5.56 Å². The first-order valence-corrected chi connectivity index (χ1v) is 11.0. The zero-order valence-corrected chi connectivity index (χ0v) is 18.0. The fraction of sp³-hybridized carbons (Fsp3) is 0.136. The van der Waals surface area contributed by atoms with Gasteiger partial charge in [0.25, 0.3) is 15.9 Å². The van der Waals surface area contributed by atoms with Crippen LogP contribution in [0.2, 0.25) is 5.02 Å². The summed E-state index contributed by atoms with van der Waals surface area (Å²) in [6.07, 6.45) is -0.795. The van der Waals surface area contributed by atoms with Gasteiger partial charge < -0.3 is 10.1 Å². The van der Waals surface area contributed by atoms with E-state index in [1.807, 2.05) is 19.1 Å². The van der Waals surface area contributed by atoms with E-state index in [1.165, 1.54) is 24.3 Å². The minimum atomic E-state index is -3.74. The van der Waals surface area contributed by atoms with Crippen LogP contribution in [0, 0.1) is 6.92 Å². The molecule has 3 rings (SSSR count). The molecule has 0 heterocycles. The Labute approximate surface area is 180 Å². The van der Waals surface area contributed by atoms with E-state index in [9.17, 15) is 13.2 Å². The minimum Gasteiger partial charge on any atom is -0.479 e. The molecular weight excluding hydrogens is 424 g/mol. The summed E-state index contributed by atoms with van der Waals surface area (Å²) in [6, 6.07) is 19.8. The first-order chi connectivity index (χ1) is 14.2. The Balaban J connectivity index is 1.64. The number of ether oxygens (including phenoxy) is 1. The van der Waals surface area contributed by atoms with E-state index in [4.69, 9.17) is 16.3 Å². The highest BCUT2D eigenvalue weighted by atomic mass is 35.5. The first-order valence-electron chi connectivity index (χ1n) is 9.16. The van der Waals surface area contributed by atoms with Crippen molar-refractivity contribution < 1.29 is 17.9 Å². The van der Waals surface area contributed by atoms with Crippen molar-refractivity contribution in [1.82, 2.24) is 0 Å². The molecule has 6 nitrogen and oxygen atoms in total. The Morgan fingerprint density at radius 1 is 0.933 bits per heavy atom. The predicted molar refractivity (Wildman–Crippen MR) is 119 cm³/mol. The van der Waals surface area contributed by atoms with Gasteiger partial charge in [-0.3, -0.25) is 9.52 Å². The number of para-hydroxylation sites is 1. The van der Waals surface area contributed by atoms with Crippen LogP contribution in [-0.4, -0.2) is 20.4 Å². The van der Waals surface area contributed by atoms with E-state index in [2.05, 4.69) is 10.0 Å². The second kappa shape index (κ2) is 9.19. The summed E-state index contributed by atoms with van der Waals surface area (Å²) < 4.78 is 33.2. The number of carbonyl (C=O) groups is 1. The van der Waals surface area contributed by atoms with E-state index in [1.54, 1.807) is 43.3 Å². The molecule has 3 aromatic rings. The molecule has 1 atom stereocenters. The molecule has 0 aliphatic rings. The highest BCUT2D eigenvalue weighted by molar-refractivity contribution is 7.92. The van der Waals surface area contributed by atoms with Crippen LogP contribution in [0.5, 0.6) is 5.75 Å². The number of amides is 1. The monoisotopic (exact) mass is 444 g/mol. The lowest BCUT2D eigenvalue weighted by Crippen LogP contribution is -2.30. The van der Waals surface area contributed by atoms with E-state index in [-0.39, 0.29) is 10.8 Å². The smallest absolute Gasteiger partial charge is 0.265 e. The Morgan fingerprint density at radius 3 is 2.17 bits per heavy atom. The molecule has 0 aliphatic carbocycles. The highest BCUT2D eigenvalue weighted by Crippen LogP contribution is 2.24. The van der Waals surface area contributed by atoms with Gasteiger partial charge in [-0.15, -0.1) is 0 Å². The van der Waals surface area contributed by atoms with Crippen molar-refractivity contribution in [3.8, 4) is 5.75 Å². The normalized spacial score (nSPS) is 12.1. The number of carbonyl (C=O) groups excluding carboxylic acids is 1. The number of anilines is 2.